The molecule has 0 radical (unpaired) electrons. The number of aromatic amines is 1. The average Bonchev–Trinajstić information content (AvgIpc) is 2.70. The Labute approximate surface area is 74.2 Å². The molecule has 2 aromatic heterocycles. The van der Waals surface area contributed by atoms with Crippen molar-refractivity contribution in [2.75, 3.05) is 6.54 Å². The van der Waals surface area contributed by atoms with Gasteiger partial charge in [0.15, 0.2) is 0 Å². The molecule has 2 rings (SSSR count). The number of hydrogen-bond donors (Lipinski definition) is 2. The molecule has 0 atom stereocenters. The van der Waals surface area contributed by atoms with Crippen molar-refractivity contribution in [3.63, 3.8) is 0 Å². The third-order valence-electron chi connectivity index (χ3n) is 1.56. The van der Waals surface area contributed by atoms with Gasteiger partial charge in [-0.05, 0) is 6.07 Å². The zero-order valence-electron chi connectivity index (χ0n) is 6.90. The molecule has 0 bridgehead atoms. The fourth-order valence-corrected chi connectivity index (χ4v) is 0.962. The molecule has 0 aliphatic rings. The summed E-state index contributed by atoms with van der Waals surface area (Å²) in [6, 6.07) is 1.76. The molecule has 68 valence electrons. The lowest BCUT2D eigenvalue weighted by molar-refractivity contribution is 0.505. The van der Waals surface area contributed by atoms with Crippen LogP contribution in [0.15, 0.2) is 16.7 Å². The first kappa shape index (κ1) is 7.93. The highest BCUT2D eigenvalue weighted by Gasteiger charge is 2.07. The van der Waals surface area contributed by atoms with Gasteiger partial charge in [0, 0.05) is 19.2 Å². The van der Waals surface area contributed by atoms with Crippen LogP contribution in [0.4, 0.5) is 0 Å². The van der Waals surface area contributed by atoms with Gasteiger partial charge in [0.05, 0.1) is 0 Å². The van der Waals surface area contributed by atoms with Crippen LogP contribution in [-0.4, -0.2) is 26.9 Å². The SMILES string of the molecule is NCCc1nnc(-c2ccn[nH]2)o1. The summed E-state index contributed by atoms with van der Waals surface area (Å²) in [4.78, 5) is 0. The second-order valence-corrected chi connectivity index (χ2v) is 2.51. The minimum Gasteiger partial charge on any atom is -0.419 e. The minimum atomic E-state index is 0.445. The van der Waals surface area contributed by atoms with Crippen LogP contribution >= 0.6 is 0 Å². The zero-order chi connectivity index (χ0) is 9.10. The van der Waals surface area contributed by atoms with E-state index in [0.29, 0.717) is 24.7 Å². The van der Waals surface area contributed by atoms with Crippen molar-refractivity contribution in [1.29, 1.82) is 0 Å². The predicted octanol–water partition coefficient (Wildman–Crippen LogP) is -0.0391. The molecule has 0 unspecified atom stereocenters. The van der Waals surface area contributed by atoms with Crippen molar-refractivity contribution in [3.05, 3.63) is 18.2 Å². The molecule has 3 N–H and O–H groups in total. The van der Waals surface area contributed by atoms with Gasteiger partial charge in [0.2, 0.25) is 5.89 Å². The Kier molecular flexibility index (Phi) is 2.05. The van der Waals surface area contributed by atoms with E-state index in [2.05, 4.69) is 20.4 Å². The quantitative estimate of drug-likeness (QED) is 0.689. The van der Waals surface area contributed by atoms with Crippen molar-refractivity contribution in [3.8, 4) is 11.6 Å². The van der Waals surface area contributed by atoms with Gasteiger partial charge in [0.25, 0.3) is 5.89 Å². The van der Waals surface area contributed by atoms with Gasteiger partial charge in [-0.15, -0.1) is 10.2 Å². The smallest absolute Gasteiger partial charge is 0.265 e. The lowest BCUT2D eigenvalue weighted by atomic mass is 10.4. The molecule has 0 spiro atoms. The highest BCUT2D eigenvalue weighted by atomic mass is 16.4. The molecule has 0 aliphatic heterocycles. The van der Waals surface area contributed by atoms with Crippen LogP contribution in [0.1, 0.15) is 5.89 Å². The zero-order valence-corrected chi connectivity index (χ0v) is 6.90. The lowest BCUT2D eigenvalue weighted by Gasteiger charge is -1.87. The standard InChI is InChI=1S/C7H9N5O/c8-3-1-6-11-12-7(13-6)5-2-4-9-10-5/h2,4H,1,3,8H2,(H,9,10). The first-order valence-corrected chi connectivity index (χ1v) is 3.92. The van der Waals surface area contributed by atoms with E-state index in [1.807, 2.05) is 0 Å². The van der Waals surface area contributed by atoms with E-state index in [4.69, 9.17) is 10.2 Å². The second kappa shape index (κ2) is 3.36. The van der Waals surface area contributed by atoms with E-state index in [0.717, 1.165) is 5.69 Å². The van der Waals surface area contributed by atoms with Gasteiger partial charge < -0.3 is 10.2 Å². The maximum absolute atomic E-state index is 5.34. The first-order valence-electron chi connectivity index (χ1n) is 3.92. The van der Waals surface area contributed by atoms with Crippen molar-refractivity contribution in [2.45, 2.75) is 6.42 Å². The van der Waals surface area contributed by atoms with E-state index in [1.54, 1.807) is 12.3 Å². The molecular formula is C7H9N5O. The van der Waals surface area contributed by atoms with Gasteiger partial charge in [-0.3, -0.25) is 5.10 Å². The normalized spacial score (nSPS) is 10.5. The monoisotopic (exact) mass is 179 g/mol. The average molecular weight is 179 g/mol. The Morgan fingerprint density at radius 3 is 3.08 bits per heavy atom. The molecule has 6 heteroatoms. The molecule has 0 saturated carbocycles. The van der Waals surface area contributed by atoms with Gasteiger partial charge in [-0.2, -0.15) is 5.10 Å². The molecule has 0 aliphatic carbocycles. The van der Waals surface area contributed by atoms with Crippen LogP contribution in [-0.2, 0) is 6.42 Å². The Morgan fingerprint density at radius 2 is 2.38 bits per heavy atom. The fourth-order valence-electron chi connectivity index (χ4n) is 0.962. The molecule has 0 amide bonds. The van der Waals surface area contributed by atoms with E-state index in [-0.39, 0.29) is 0 Å². The first-order chi connectivity index (χ1) is 6.40. The summed E-state index contributed by atoms with van der Waals surface area (Å²) in [6.07, 6.45) is 2.23. The van der Waals surface area contributed by atoms with E-state index < -0.39 is 0 Å². The largest absolute Gasteiger partial charge is 0.419 e. The van der Waals surface area contributed by atoms with Crippen LogP contribution in [0, 0.1) is 0 Å². The topological polar surface area (TPSA) is 93.6 Å². The van der Waals surface area contributed by atoms with E-state index in [1.165, 1.54) is 0 Å². The van der Waals surface area contributed by atoms with Crippen LogP contribution in [0.3, 0.4) is 0 Å². The number of rotatable bonds is 3. The molecule has 6 nitrogen and oxygen atoms in total. The maximum Gasteiger partial charge on any atom is 0.265 e. The molecule has 0 aromatic carbocycles. The molecule has 13 heavy (non-hydrogen) atoms. The van der Waals surface area contributed by atoms with Crippen molar-refractivity contribution >= 4 is 0 Å². The third kappa shape index (κ3) is 1.57. The van der Waals surface area contributed by atoms with Gasteiger partial charge in [-0.1, -0.05) is 0 Å². The van der Waals surface area contributed by atoms with Crippen molar-refractivity contribution in [1.82, 2.24) is 20.4 Å². The van der Waals surface area contributed by atoms with Gasteiger partial charge >= 0.3 is 0 Å². The summed E-state index contributed by atoms with van der Waals surface area (Å²) < 4.78 is 5.29. The van der Waals surface area contributed by atoms with Crippen LogP contribution in [0.5, 0.6) is 0 Å². The highest BCUT2D eigenvalue weighted by Crippen LogP contribution is 2.13. The summed E-state index contributed by atoms with van der Waals surface area (Å²) in [7, 11) is 0. The molecule has 0 fully saturated rings. The summed E-state index contributed by atoms with van der Waals surface area (Å²) in [5, 5.41) is 14.2. The summed E-state index contributed by atoms with van der Waals surface area (Å²) in [5.41, 5.74) is 6.06. The van der Waals surface area contributed by atoms with Crippen molar-refractivity contribution < 1.29 is 4.42 Å². The number of hydrogen-bond acceptors (Lipinski definition) is 5. The number of nitrogens with zero attached hydrogens (tertiary/aromatic N) is 3. The predicted molar refractivity (Wildman–Crippen MR) is 44.6 cm³/mol. The van der Waals surface area contributed by atoms with Crippen LogP contribution < -0.4 is 5.73 Å². The number of aromatic nitrogens is 4. The van der Waals surface area contributed by atoms with Crippen LogP contribution in [0.25, 0.3) is 11.6 Å². The molecule has 2 heterocycles. The second-order valence-electron chi connectivity index (χ2n) is 2.51. The number of nitrogens with one attached hydrogen (secondary N) is 1. The molecule has 0 saturated heterocycles. The molecule has 2 aromatic rings. The van der Waals surface area contributed by atoms with Crippen LogP contribution in [0.2, 0.25) is 0 Å². The Morgan fingerprint density at radius 1 is 1.46 bits per heavy atom. The van der Waals surface area contributed by atoms with E-state index >= 15 is 0 Å². The summed E-state index contributed by atoms with van der Waals surface area (Å²) in [6.45, 7) is 0.505. The number of H-pyrrole nitrogens is 1. The summed E-state index contributed by atoms with van der Waals surface area (Å²) >= 11 is 0. The van der Waals surface area contributed by atoms with Gasteiger partial charge in [0.1, 0.15) is 5.69 Å². The van der Waals surface area contributed by atoms with Crippen molar-refractivity contribution in [2.24, 2.45) is 5.73 Å². The summed E-state index contributed by atoms with van der Waals surface area (Å²) in [5.74, 6) is 0.994. The molecular weight excluding hydrogens is 170 g/mol. The number of nitrogens with two attached hydrogens (primary N) is 1. The third-order valence-corrected chi connectivity index (χ3v) is 1.56. The Hall–Kier alpha value is -1.69. The Balaban J connectivity index is 2.23. The lowest BCUT2D eigenvalue weighted by Crippen LogP contribution is -2.02. The highest BCUT2D eigenvalue weighted by molar-refractivity contribution is 5.44. The fraction of sp³-hybridized carbons (Fsp3) is 0.286. The van der Waals surface area contributed by atoms with E-state index in [9.17, 15) is 0 Å². The van der Waals surface area contributed by atoms with Gasteiger partial charge in [-0.25, -0.2) is 0 Å². The minimum absolute atomic E-state index is 0.445. The maximum atomic E-state index is 5.34. The Bertz CT molecular complexity index is 366.